The molecule has 1 saturated heterocycles. The summed E-state index contributed by atoms with van der Waals surface area (Å²) in [6, 6.07) is 9.89. The molecule has 0 saturated carbocycles. The molecule has 1 aliphatic heterocycles. The molecule has 1 aliphatic rings. The summed E-state index contributed by atoms with van der Waals surface area (Å²) < 4.78 is 40.8. The monoisotopic (exact) mass is 405 g/mol. The van der Waals surface area contributed by atoms with Crippen molar-refractivity contribution < 1.29 is 17.6 Å². The number of rotatable bonds is 4. The average molecular weight is 405 g/mol. The van der Waals surface area contributed by atoms with Crippen LogP contribution in [0.25, 0.3) is 0 Å². The maximum atomic E-state index is 13.2. The summed E-state index contributed by atoms with van der Waals surface area (Å²) in [6.45, 7) is 4.72. The zero-order chi connectivity index (χ0) is 20.3. The van der Waals surface area contributed by atoms with Gasteiger partial charge in [0.15, 0.2) is 0 Å². The fourth-order valence-corrected chi connectivity index (χ4v) is 4.52. The van der Waals surface area contributed by atoms with Crippen molar-refractivity contribution in [1.29, 1.82) is 0 Å². The molecule has 0 aliphatic carbocycles. The predicted octanol–water partition coefficient (Wildman–Crippen LogP) is 2.71. The Bertz CT molecular complexity index is 961. The number of likely N-dealkylation sites (N-methyl/N-ethyl adjacent to an activating group) is 1. The average Bonchev–Trinajstić information content (AvgIpc) is 2.85. The number of nitrogens with zero attached hydrogens (tertiary/aromatic N) is 2. The summed E-state index contributed by atoms with van der Waals surface area (Å²) in [5, 5.41) is 0. The van der Waals surface area contributed by atoms with Gasteiger partial charge in [0.05, 0.1) is 4.90 Å². The van der Waals surface area contributed by atoms with Gasteiger partial charge in [-0.1, -0.05) is 0 Å². The first kappa shape index (κ1) is 20.3. The lowest BCUT2D eigenvalue weighted by Gasteiger charge is -2.20. The van der Waals surface area contributed by atoms with E-state index in [1.807, 2.05) is 11.9 Å². The van der Waals surface area contributed by atoms with E-state index in [2.05, 4.69) is 9.62 Å². The lowest BCUT2D eigenvalue weighted by Crippen LogP contribution is -2.34. The third-order valence-electron chi connectivity index (χ3n) is 4.82. The highest BCUT2D eigenvalue weighted by molar-refractivity contribution is 7.92. The SMILES string of the molecule is Cc1cc(F)ccc1S(=O)(=O)Nc1ccc(C(=O)N2CCCN(C)CC2)cc1. The van der Waals surface area contributed by atoms with E-state index in [0.29, 0.717) is 29.9 Å². The van der Waals surface area contributed by atoms with Gasteiger partial charge < -0.3 is 9.80 Å². The summed E-state index contributed by atoms with van der Waals surface area (Å²) in [4.78, 5) is 16.7. The van der Waals surface area contributed by atoms with Gasteiger partial charge in [0.2, 0.25) is 0 Å². The van der Waals surface area contributed by atoms with Crippen molar-refractivity contribution >= 4 is 21.6 Å². The molecular weight excluding hydrogens is 381 g/mol. The molecule has 2 aromatic rings. The smallest absolute Gasteiger partial charge is 0.262 e. The number of aryl methyl sites for hydroxylation is 1. The van der Waals surface area contributed by atoms with Crippen LogP contribution in [0.4, 0.5) is 10.1 Å². The van der Waals surface area contributed by atoms with Crippen molar-refractivity contribution in [2.75, 3.05) is 37.9 Å². The molecule has 1 fully saturated rings. The zero-order valence-electron chi connectivity index (χ0n) is 16.0. The van der Waals surface area contributed by atoms with Crippen LogP contribution in [0.5, 0.6) is 0 Å². The van der Waals surface area contributed by atoms with E-state index in [0.717, 1.165) is 25.6 Å². The van der Waals surface area contributed by atoms with Crippen LogP contribution in [0.15, 0.2) is 47.4 Å². The van der Waals surface area contributed by atoms with Gasteiger partial charge in [-0.3, -0.25) is 9.52 Å². The fraction of sp³-hybridized carbons (Fsp3) is 0.350. The number of carbonyl (C=O) groups is 1. The molecule has 8 heteroatoms. The number of halogens is 1. The second-order valence-electron chi connectivity index (χ2n) is 7.04. The summed E-state index contributed by atoms with van der Waals surface area (Å²) in [7, 11) is -1.80. The minimum absolute atomic E-state index is 0.0164. The topological polar surface area (TPSA) is 69.7 Å². The van der Waals surface area contributed by atoms with E-state index in [-0.39, 0.29) is 10.8 Å². The number of benzene rings is 2. The standard InChI is InChI=1S/C20H24FN3O3S/c1-15-14-17(21)6-9-19(15)28(26,27)22-18-7-4-16(5-8-18)20(25)24-11-3-10-23(2)12-13-24/h4-9,14,22H,3,10-13H2,1-2H3. The third-order valence-corrected chi connectivity index (χ3v) is 6.36. The van der Waals surface area contributed by atoms with E-state index in [1.165, 1.54) is 19.1 Å². The molecule has 1 amide bonds. The van der Waals surface area contributed by atoms with Crippen molar-refractivity contribution in [3.05, 3.63) is 59.4 Å². The van der Waals surface area contributed by atoms with Crippen molar-refractivity contribution in [2.24, 2.45) is 0 Å². The Kier molecular flexibility index (Phi) is 6.00. The van der Waals surface area contributed by atoms with Gasteiger partial charge in [-0.05, 0) is 75.0 Å². The Morgan fingerprint density at radius 3 is 2.43 bits per heavy atom. The van der Waals surface area contributed by atoms with E-state index in [9.17, 15) is 17.6 Å². The Morgan fingerprint density at radius 2 is 1.75 bits per heavy atom. The first-order valence-corrected chi connectivity index (χ1v) is 10.6. The molecule has 28 heavy (non-hydrogen) atoms. The van der Waals surface area contributed by atoms with Crippen LogP contribution in [-0.2, 0) is 10.0 Å². The molecule has 0 radical (unpaired) electrons. The highest BCUT2D eigenvalue weighted by Crippen LogP contribution is 2.21. The highest BCUT2D eigenvalue weighted by Gasteiger charge is 2.20. The van der Waals surface area contributed by atoms with Crippen LogP contribution < -0.4 is 4.72 Å². The van der Waals surface area contributed by atoms with Crippen molar-refractivity contribution in [2.45, 2.75) is 18.2 Å². The molecule has 0 unspecified atom stereocenters. The molecule has 6 nitrogen and oxygen atoms in total. The van der Waals surface area contributed by atoms with Crippen molar-refractivity contribution in [3.8, 4) is 0 Å². The van der Waals surface area contributed by atoms with Gasteiger partial charge in [-0.2, -0.15) is 0 Å². The maximum Gasteiger partial charge on any atom is 0.262 e. The van der Waals surface area contributed by atoms with Crippen LogP contribution in [0.2, 0.25) is 0 Å². The quantitative estimate of drug-likeness (QED) is 0.849. The summed E-state index contributed by atoms with van der Waals surface area (Å²) in [5.41, 5.74) is 1.19. The minimum Gasteiger partial charge on any atom is -0.337 e. The summed E-state index contributed by atoms with van der Waals surface area (Å²) >= 11 is 0. The van der Waals surface area contributed by atoms with Gasteiger partial charge in [-0.15, -0.1) is 0 Å². The third kappa shape index (κ3) is 4.69. The molecule has 2 aromatic carbocycles. The van der Waals surface area contributed by atoms with Crippen LogP contribution >= 0.6 is 0 Å². The molecule has 0 spiro atoms. The predicted molar refractivity (Wildman–Crippen MR) is 106 cm³/mol. The molecule has 1 heterocycles. The van der Waals surface area contributed by atoms with Gasteiger partial charge in [0.1, 0.15) is 5.82 Å². The van der Waals surface area contributed by atoms with Gasteiger partial charge >= 0.3 is 0 Å². The van der Waals surface area contributed by atoms with Crippen LogP contribution in [0, 0.1) is 12.7 Å². The van der Waals surface area contributed by atoms with Crippen LogP contribution in [0.1, 0.15) is 22.3 Å². The molecule has 1 N–H and O–H groups in total. The Labute approximate surface area is 165 Å². The largest absolute Gasteiger partial charge is 0.337 e. The van der Waals surface area contributed by atoms with E-state index < -0.39 is 15.8 Å². The molecule has 150 valence electrons. The maximum absolute atomic E-state index is 13.2. The lowest BCUT2D eigenvalue weighted by atomic mass is 10.2. The van der Waals surface area contributed by atoms with Gasteiger partial charge in [0, 0.05) is 30.9 Å². The zero-order valence-corrected chi connectivity index (χ0v) is 16.8. The number of nitrogens with one attached hydrogen (secondary N) is 1. The van der Waals surface area contributed by atoms with Crippen molar-refractivity contribution in [1.82, 2.24) is 9.80 Å². The van der Waals surface area contributed by atoms with Crippen LogP contribution in [0.3, 0.4) is 0 Å². The summed E-state index contributed by atoms with van der Waals surface area (Å²) in [5.74, 6) is -0.543. The van der Waals surface area contributed by atoms with Gasteiger partial charge in [-0.25, -0.2) is 12.8 Å². The molecule has 0 aromatic heterocycles. The number of anilines is 1. The first-order valence-electron chi connectivity index (χ1n) is 9.13. The first-order chi connectivity index (χ1) is 13.3. The Hall–Kier alpha value is -2.45. The fourth-order valence-electron chi connectivity index (χ4n) is 3.24. The lowest BCUT2D eigenvalue weighted by molar-refractivity contribution is 0.0763. The molecule has 0 atom stereocenters. The van der Waals surface area contributed by atoms with E-state index in [4.69, 9.17) is 0 Å². The summed E-state index contributed by atoms with van der Waals surface area (Å²) in [6.07, 6.45) is 0.928. The molecule has 3 rings (SSSR count). The number of hydrogen-bond donors (Lipinski definition) is 1. The molecule has 0 bridgehead atoms. The van der Waals surface area contributed by atoms with E-state index >= 15 is 0 Å². The number of hydrogen-bond acceptors (Lipinski definition) is 4. The van der Waals surface area contributed by atoms with E-state index in [1.54, 1.807) is 24.3 Å². The van der Waals surface area contributed by atoms with Crippen LogP contribution in [-0.4, -0.2) is 57.4 Å². The van der Waals surface area contributed by atoms with Crippen molar-refractivity contribution in [3.63, 3.8) is 0 Å². The van der Waals surface area contributed by atoms with Gasteiger partial charge in [0.25, 0.3) is 15.9 Å². The minimum atomic E-state index is -3.84. The number of sulfonamides is 1. The molecular formula is C20H24FN3O3S. The number of carbonyl (C=O) groups excluding carboxylic acids is 1. The second-order valence-corrected chi connectivity index (χ2v) is 8.69. The normalized spacial score (nSPS) is 15.9. The highest BCUT2D eigenvalue weighted by atomic mass is 32.2. The Balaban J connectivity index is 1.72. The number of amides is 1. The second kappa shape index (κ2) is 8.28. The Morgan fingerprint density at radius 1 is 1.04 bits per heavy atom.